The van der Waals surface area contributed by atoms with Crippen LogP contribution in [0.25, 0.3) is 5.69 Å². The highest BCUT2D eigenvalue weighted by Gasteiger charge is 2.17. The summed E-state index contributed by atoms with van der Waals surface area (Å²) in [5.74, 6) is 0.452. The molecule has 9 heteroatoms. The molecule has 0 fully saturated rings. The maximum Gasteiger partial charge on any atom is 0.234 e. The predicted molar refractivity (Wildman–Crippen MR) is 123 cm³/mol. The molecule has 1 heterocycles. The van der Waals surface area contributed by atoms with Crippen molar-refractivity contribution in [2.45, 2.75) is 11.8 Å². The fourth-order valence-electron chi connectivity index (χ4n) is 2.88. The first-order valence-corrected chi connectivity index (χ1v) is 11.0. The zero-order valence-corrected chi connectivity index (χ0v) is 18.3. The standard InChI is InChI=1S/C23H18ClFN4O2S/c24-16-10-12-17(13-11-16)29-21(14-31-18-6-2-1-3-7-18)27-28-23(29)32-15-22(30)26-20-9-5-4-8-19(20)25/h1-13H,14-15H2,(H,26,30). The van der Waals surface area contributed by atoms with Gasteiger partial charge >= 0.3 is 0 Å². The van der Waals surface area contributed by atoms with Crippen LogP contribution in [-0.4, -0.2) is 26.4 Å². The number of aromatic nitrogens is 3. The third-order valence-electron chi connectivity index (χ3n) is 4.38. The average molecular weight is 469 g/mol. The molecule has 0 unspecified atom stereocenters. The number of halogens is 2. The van der Waals surface area contributed by atoms with Gasteiger partial charge < -0.3 is 10.1 Å². The minimum Gasteiger partial charge on any atom is -0.486 e. The lowest BCUT2D eigenvalue weighted by molar-refractivity contribution is -0.113. The topological polar surface area (TPSA) is 69.0 Å². The number of thioether (sulfide) groups is 1. The van der Waals surface area contributed by atoms with Crippen molar-refractivity contribution >= 4 is 35.0 Å². The van der Waals surface area contributed by atoms with E-state index in [2.05, 4.69) is 15.5 Å². The summed E-state index contributed by atoms with van der Waals surface area (Å²) >= 11 is 7.22. The molecule has 0 bridgehead atoms. The van der Waals surface area contributed by atoms with Crippen molar-refractivity contribution in [3.63, 3.8) is 0 Å². The molecule has 0 spiro atoms. The number of rotatable bonds is 8. The van der Waals surface area contributed by atoms with Gasteiger partial charge in [0.25, 0.3) is 0 Å². The van der Waals surface area contributed by atoms with Gasteiger partial charge in [0.15, 0.2) is 11.0 Å². The second-order valence-corrected chi connectivity index (χ2v) is 8.01. The Balaban J connectivity index is 1.51. The van der Waals surface area contributed by atoms with Crippen molar-refractivity contribution in [3.05, 3.63) is 95.5 Å². The van der Waals surface area contributed by atoms with E-state index in [1.807, 2.05) is 42.5 Å². The SMILES string of the molecule is O=C(CSc1nnc(COc2ccccc2)n1-c1ccc(Cl)cc1)Nc1ccccc1F. The van der Waals surface area contributed by atoms with Gasteiger partial charge in [0.2, 0.25) is 5.91 Å². The number of para-hydroxylation sites is 2. The fraction of sp³-hybridized carbons (Fsp3) is 0.0870. The molecule has 1 aromatic heterocycles. The van der Waals surface area contributed by atoms with Gasteiger partial charge in [0.1, 0.15) is 18.2 Å². The summed E-state index contributed by atoms with van der Waals surface area (Å²) in [5, 5.41) is 12.1. The molecule has 0 aliphatic rings. The van der Waals surface area contributed by atoms with Crippen molar-refractivity contribution in [1.29, 1.82) is 0 Å². The van der Waals surface area contributed by atoms with E-state index >= 15 is 0 Å². The fourth-order valence-corrected chi connectivity index (χ4v) is 3.78. The number of nitrogens with zero attached hydrogens (tertiary/aromatic N) is 3. The number of carbonyl (C=O) groups excluding carboxylic acids is 1. The molecule has 0 radical (unpaired) electrons. The van der Waals surface area contributed by atoms with Crippen molar-refractivity contribution < 1.29 is 13.9 Å². The molecule has 3 aromatic carbocycles. The summed E-state index contributed by atoms with van der Waals surface area (Å²) in [6.45, 7) is 0.182. The summed E-state index contributed by atoms with van der Waals surface area (Å²) < 4.78 is 21.4. The number of benzene rings is 3. The number of hydrogen-bond acceptors (Lipinski definition) is 5. The van der Waals surface area contributed by atoms with E-state index in [1.54, 1.807) is 28.8 Å². The van der Waals surface area contributed by atoms with E-state index in [4.69, 9.17) is 16.3 Å². The second kappa shape index (κ2) is 10.3. The van der Waals surface area contributed by atoms with Crippen LogP contribution in [0.15, 0.2) is 84.0 Å². The summed E-state index contributed by atoms with van der Waals surface area (Å²) in [4.78, 5) is 12.3. The number of carbonyl (C=O) groups is 1. The van der Waals surface area contributed by atoms with E-state index < -0.39 is 5.82 Å². The van der Waals surface area contributed by atoms with Crippen LogP contribution < -0.4 is 10.1 Å². The Morgan fingerprint density at radius 2 is 1.72 bits per heavy atom. The van der Waals surface area contributed by atoms with Gasteiger partial charge in [0, 0.05) is 10.7 Å². The van der Waals surface area contributed by atoms with Crippen LogP contribution in [-0.2, 0) is 11.4 Å². The first-order chi connectivity index (χ1) is 15.6. The second-order valence-electron chi connectivity index (χ2n) is 6.63. The van der Waals surface area contributed by atoms with Crippen LogP contribution in [0.5, 0.6) is 5.75 Å². The van der Waals surface area contributed by atoms with Crippen molar-refractivity contribution in [3.8, 4) is 11.4 Å². The first-order valence-electron chi connectivity index (χ1n) is 9.65. The molecule has 0 aliphatic carbocycles. The molecule has 6 nitrogen and oxygen atoms in total. The molecule has 0 aliphatic heterocycles. The monoisotopic (exact) mass is 468 g/mol. The highest BCUT2D eigenvalue weighted by atomic mass is 35.5. The van der Waals surface area contributed by atoms with Gasteiger partial charge in [0.05, 0.1) is 11.4 Å². The molecule has 1 amide bonds. The lowest BCUT2D eigenvalue weighted by atomic mass is 10.3. The molecule has 0 saturated heterocycles. The van der Waals surface area contributed by atoms with Crippen molar-refractivity contribution in [2.75, 3.05) is 11.1 Å². The maximum absolute atomic E-state index is 13.8. The Bertz CT molecular complexity index is 1200. The van der Waals surface area contributed by atoms with Gasteiger partial charge in [-0.3, -0.25) is 9.36 Å². The Morgan fingerprint density at radius 3 is 2.47 bits per heavy atom. The molecule has 32 heavy (non-hydrogen) atoms. The first kappa shape index (κ1) is 21.9. The van der Waals surface area contributed by atoms with Crippen LogP contribution in [0.2, 0.25) is 5.02 Å². The number of ether oxygens (including phenoxy) is 1. The van der Waals surface area contributed by atoms with Crippen LogP contribution in [0.1, 0.15) is 5.82 Å². The Labute approximate surface area is 193 Å². The summed E-state index contributed by atoms with van der Waals surface area (Å²) in [5.41, 5.74) is 0.914. The van der Waals surface area contributed by atoms with Crippen LogP contribution in [0, 0.1) is 5.82 Å². The minimum absolute atomic E-state index is 0.0274. The quantitative estimate of drug-likeness (QED) is 0.352. The Hall–Kier alpha value is -3.36. The number of anilines is 1. The number of hydrogen-bond donors (Lipinski definition) is 1. The van der Waals surface area contributed by atoms with E-state index in [1.165, 1.54) is 23.9 Å². The lowest BCUT2D eigenvalue weighted by Crippen LogP contribution is -2.15. The predicted octanol–water partition coefficient (Wildman–Crippen LogP) is 5.37. The van der Waals surface area contributed by atoms with Crippen molar-refractivity contribution in [1.82, 2.24) is 14.8 Å². The normalized spacial score (nSPS) is 10.7. The number of amides is 1. The molecular weight excluding hydrogens is 451 g/mol. The van der Waals surface area contributed by atoms with Crippen LogP contribution in [0.4, 0.5) is 10.1 Å². The van der Waals surface area contributed by atoms with E-state index in [0.29, 0.717) is 21.8 Å². The molecule has 1 N–H and O–H groups in total. The minimum atomic E-state index is -0.490. The third-order valence-corrected chi connectivity index (χ3v) is 5.56. The van der Waals surface area contributed by atoms with Crippen molar-refractivity contribution in [2.24, 2.45) is 0 Å². The molecule has 4 rings (SSSR count). The Kier molecular flexibility index (Phi) is 7.03. The smallest absolute Gasteiger partial charge is 0.234 e. The number of nitrogens with one attached hydrogen (secondary N) is 1. The van der Waals surface area contributed by atoms with Crippen LogP contribution in [0.3, 0.4) is 0 Å². The average Bonchev–Trinajstić information content (AvgIpc) is 3.22. The van der Waals surface area contributed by atoms with E-state index in [9.17, 15) is 9.18 Å². The van der Waals surface area contributed by atoms with E-state index in [0.717, 1.165) is 5.69 Å². The molecule has 4 aromatic rings. The zero-order valence-electron chi connectivity index (χ0n) is 16.7. The maximum atomic E-state index is 13.8. The zero-order chi connectivity index (χ0) is 22.3. The highest BCUT2D eigenvalue weighted by Crippen LogP contribution is 2.25. The largest absolute Gasteiger partial charge is 0.486 e. The lowest BCUT2D eigenvalue weighted by Gasteiger charge is -2.11. The van der Waals surface area contributed by atoms with Gasteiger partial charge in [-0.05, 0) is 48.5 Å². The summed E-state index contributed by atoms with van der Waals surface area (Å²) in [6, 6.07) is 22.6. The molecular formula is C23H18ClFN4O2S. The highest BCUT2D eigenvalue weighted by molar-refractivity contribution is 7.99. The van der Waals surface area contributed by atoms with Crippen LogP contribution >= 0.6 is 23.4 Å². The molecule has 0 saturated carbocycles. The van der Waals surface area contributed by atoms with Gasteiger partial charge in [-0.1, -0.05) is 53.7 Å². The van der Waals surface area contributed by atoms with Gasteiger partial charge in [-0.2, -0.15) is 0 Å². The van der Waals surface area contributed by atoms with Gasteiger partial charge in [-0.15, -0.1) is 10.2 Å². The molecule has 0 atom stereocenters. The summed E-state index contributed by atoms with van der Waals surface area (Å²) in [7, 11) is 0. The Morgan fingerprint density at radius 1 is 1.00 bits per heavy atom. The molecule has 162 valence electrons. The third kappa shape index (κ3) is 5.46. The summed E-state index contributed by atoms with van der Waals surface area (Å²) in [6.07, 6.45) is 0. The van der Waals surface area contributed by atoms with Gasteiger partial charge in [-0.25, -0.2) is 4.39 Å². The van der Waals surface area contributed by atoms with E-state index in [-0.39, 0.29) is 24.0 Å².